The Morgan fingerprint density at radius 3 is 2.00 bits per heavy atom. The molecular formula is C19H21FN2O. The molecule has 23 heavy (non-hydrogen) atoms. The molecule has 0 atom stereocenters. The zero-order chi connectivity index (χ0) is 17.0. The summed E-state index contributed by atoms with van der Waals surface area (Å²) < 4.78 is 12.8. The van der Waals surface area contributed by atoms with Gasteiger partial charge in [0.15, 0.2) is 0 Å². The molecule has 0 saturated carbocycles. The predicted molar refractivity (Wildman–Crippen MR) is 91.2 cm³/mol. The van der Waals surface area contributed by atoms with Gasteiger partial charge < -0.3 is 0 Å². The molecule has 0 radical (unpaired) electrons. The van der Waals surface area contributed by atoms with Gasteiger partial charge in [-0.15, -0.1) is 0 Å². The Balaban J connectivity index is 2.07. The lowest BCUT2D eigenvalue weighted by molar-refractivity contribution is 0.0955. The fourth-order valence-corrected chi connectivity index (χ4v) is 2.08. The monoisotopic (exact) mass is 312 g/mol. The zero-order valence-corrected chi connectivity index (χ0v) is 13.9. The molecule has 2 aromatic carbocycles. The molecule has 3 nitrogen and oxygen atoms in total. The normalized spacial score (nSPS) is 12.1. The van der Waals surface area contributed by atoms with Crippen molar-refractivity contribution in [1.82, 2.24) is 5.43 Å². The quantitative estimate of drug-likeness (QED) is 0.667. The van der Waals surface area contributed by atoms with Crippen molar-refractivity contribution in [2.24, 2.45) is 5.10 Å². The van der Waals surface area contributed by atoms with Crippen LogP contribution in [-0.2, 0) is 5.41 Å². The topological polar surface area (TPSA) is 41.5 Å². The second kappa shape index (κ2) is 6.73. The molecule has 4 heteroatoms. The molecule has 2 rings (SSSR count). The Bertz CT molecular complexity index is 711. The van der Waals surface area contributed by atoms with E-state index in [4.69, 9.17) is 0 Å². The maximum atomic E-state index is 12.8. The van der Waals surface area contributed by atoms with Crippen LogP contribution in [0.1, 0.15) is 49.2 Å². The number of hydrogen-bond donors (Lipinski definition) is 1. The summed E-state index contributed by atoms with van der Waals surface area (Å²) in [5.41, 5.74) is 5.84. The average molecular weight is 312 g/mol. The van der Waals surface area contributed by atoms with Gasteiger partial charge in [0, 0.05) is 5.56 Å². The van der Waals surface area contributed by atoms with Gasteiger partial charge in [0.1, 0.15) is 5.82 Å². The van der Waals surface area contributed by atoms with Crippen LogP contribution in [0.3, 0.4) is 0 Å². The number of amides is 1. The summed E-state index contributed by atoms with van der Waals surface area (Å²) >= 11 is 0. The van der Waals surface area contributed by atoms with Gasteiger partial charge in [-0.25, -0.2) is 9.82 Å². The number of nitrogens with one attached hydrogen (secondary N) is 1. The molecule has 0 aliphatic heterocycles. The van der Waals surface area contributed by atoms with Gasteiger partial charge in [-0.1, -0.05) is 45.0 Å². The minimum Gasteiger partial charge on any atom is -0.267 e. The van der Waals surface area contributed by atoms with Gasteiger partial charge >= 0.3 is 0 Å². The Morgan fingerprint density at radius 1 is 0.957 bits per heavy atom. The molecule has 0 heterocycles. The maximum absolute atomic E-state index is 12.8. The third kappa shape index (κ3) is 4.49. The molecule has 0 unspecified atom stereocenters. The first-order chi connectivity index (χ1) is 10.8. The molecule has 0 bridgehead atoms. The van der Waals surface area contributed by atoms with E-state index in [1.807, 2.05) is 19.1 Å². The van der Waals surface area contributed by atoms with Crippen molar-refractivity contribution in [2.45, 2.75) is 33.1 Å². The number of carbonyl (C=O) groups is 1. The molecule has 120 valence electrons. The molecule has 0 aliphatic rings. The predicted octanol–water partition coefficient (Wildman–Crippen LogP) is 4.28. The average Bonchev–Trinajstić information content (AvgIpc) is 2.52. The van der Waals surface area contributed by atoms with Crippen LogP contribution in [0, 0.1) is 5.82 Å². The second-order valence-electron chi connectivity index (χ2n) is 6.47. The first-order valence-electron chi connectivity index (χ1n) is 7.48. The first kappa shape index (κ1) is 16.9. The van der Waals surface area contributed by atoms with Crippen molar-refractivity contribution in [2.75, 3.05) is 0 Å². The lowest BCUT2D eigenvalue weighted by atomic mass is 9.86. The summed E-state index contributed by atoms with van der Waals surface area (Å²) in [5, 5.41) is 4.11. The van der Waals surface area contributed by atoms with Gasteiger partial charge in [-0.2, -0.15) is 5.10 Å². The van der Waals surface area contributed by atoms with E-state index in [0.717, 1.165) is 5.56 Å². The van der Waals surface area contributed by atoms with E-state index in [-0.39, 0.29) is 17.1 Å². The van der Waals surface area contributed by atoms with E-state index in [1.165, 1.54) is 29.8 Å². The van der Waals surface area contributed by atoms with Crippen LogP contribution in [0.25, 0.3) is 0 Å². The fraction of sp³-hybridized carbons (Fsp3) is 0.263. The highest BCUT2D eigenvalue weighted by Crippen LogP contribution is 2.22. The lowest BCUT2D eigenvalue weighted by Gasteiger charge is -2.19. The minimum atomic E-state index is -0.375. The zero-order valence-electron chi connectivity index (χ0n) is 13.9. The third-order valence-corrected chi connectivity index (χ3v) is 3.60. The van der Waals surface area contributed by atoms with E-state index in [2.05, 4.69) is 43.4 Å². The Hall–Kier alpha value is -2.49. The van der Waals surface area contributed by atoms with Crippen LogP contribution in [0.15, 0.2) is 53.6 Å². The summed E-state index contributed by atoms with van der Waals surface area (Å²) in [5.74, 6) is -0.740. The third-order valence-electron chi connectivity index (χ3n) is 3.60. The van der Waals surface area contributed by atoms with Crippen molar-refractivity contribution < 1.29 is 9.18 Å². The summed E-state index contributed by atoms with van der Waals surface area (Å²) in [4.78, 5) is 11.9. The number of hydrogen-bond acceptors (Lipinski definition) is 2. The van der Waals surface area contributed by atoms with Gasteiger partial charge in [0.05, 0.1) is 5.71 Å². The fourth-order valence-electron chi connectivity index (χ4n) is 2.08. The molecule has 0 saturated heterocycles. The summed E-state index contributed by atoms with van der Waals surface area (Å²) in [6.07, 6.45) is 0. The molecule has 0 spiro atoms. The van der Waals surface area contributed by atoms with Crippen molar-refractivity contribution in [1.29, 1.82) is 0 Å². The largest absolute Gasteiger partial charge is 0.271 e. The lowest BCUT2D eigenvalue weighted by Crippen LogP contribution is -2.19. The SMILES string of the molecule is CC(=NNC(=O)c1ccc(F)cc1)c1ccc(C(C)(C)C)cc1. The smallest absolute Gasteiger partial charge is 0.267 e. The summed E-state index contributed by atoms with van der Waals surface area (Å²) in [6.45, 7) is 8.31. The number of hydrazone groups is 1. The van der Waals surface area contributed by atoms with Crippen molar-refractivity contribution in [3.05, 3.63) is 71.0 Å². The molecule has 0 fully saturated rings. The van der Waals surface area contributed by atoms with Crippen molar-refractivity contribution in [3.63, 3.8) is 0 Å². The van der Waals surface area contributed by atoms with Crippen LogP contribution in [0.5, 0.6) is 0 Å². The van der Waals surface area contributed by atoms with Gasteiger partial charge in [0.2, 0.25) is 0 Å². The molecular weight excluding hydrogens is 291 g/mol. The van der Waals surface area contributed by atoms with E-state index >= 15 is 0 Å². The van der Waals surface area contributed by atoms with Crippen LogP contribution in [0.4, 0.5) is 4.39 Å². The van der Waals surface area contributed by atoms with E-state index in [0.29, 0.717) is 11.3 Å². The van der Waals surface area contributed by atoms with Crippen molar-refractivity contribution >= 4 is 11.6 Å². The van der Waals surface area contributed by atoms with Crippen LogP contribution in [-0.4, -0.2) is 11.6 Å². The van der Waals surface area contributed by atoms with E-state index < -0.39 is 0 Å². The first-order valence-corrected chi connectivity index (χ1v) is 7.48. The number of carbonyl (C=O) groups excluding carboxylic acids is 1. The number of nitrogens with zero attached hydrogens (tertiary/aromatic N) is 1. The molecule has 0 aliphatic carbocycles. The number of rotatable bonds is 3. The standard InChI is InChI=1S/C19H21FN2O/c1-13(14-5-9-16(10-6-14)19(2,3)4)21-22-18(23)15-7-11-17(20)12-8-15/h5-12H,1-4H3,(H,22,23). The number of halogens is 1. The summed E-state index contributed by atoms with van der Waals surface area (Å²) in [6, 6.07) is 13.5. The Labute approximate surface area is 136 Å². The van der Waals surface area contributed by atoms with E-state index in [9.17, 15) is 9.18 Å². The van der Waals surface area contributed by atoms with Gasteiger partial charge in [-0.05, 0) is 47.7 Å². The maximum Gasteiger partial charge on any atom is 0.271 e. The Kier molecular flexibility index (Phi) is 4.94. The molecule has 2 aromatic rings. The highest BCUT2D eigenvalue weighted by molar-refractivity contribution is 6.00. The molecule has 0 aromatic heterocycles. The minimum absolute atomic E-state index is 0.0976. The second-order valence-corrected chi connectivity index (χ2v) is 6.47. The van der Waals surface area contributed by atoms with E-state index in [1.54, 1.807) is 0 Å². The molecule has 1 N–H and O–H groups in total. The van der Waals surface area contributed by atoms with Gasteiger partial charge in [-0.3, -0.25) is 4.79 Å². The van der Waals surface area contributed by atoms with Gasteiger partial charge in [0.25, 0.3) is 5.91 Å². The summed E-state index contributed by atoms with van der Waals surface area (Å²) in [7, 11) is 0. The van der Waals surface area contributed by atoms with Crippen LogP contribution in [0.2, 0.25) is 0 Å². The molecule has 1 amide bonds. The number of benzene rings is 2. The van der Waals surface area contributed by atoms with Crippen LogP contribution >= 0.6 is 0 Å². The van der Waals surface area contributed by atoms with Crippen molar-refractivity contribution in [3.8, 4) is 0 Å². The highest BCUT2D eigenvalue weighted by atomic mass is 19.1. The Morgan fingerprint density at radius 2 is 1.48 bits per heavy atom. The van der Waals surface area contributed by atoms with Crippen LogP contribution < -0.4 is 5.43 Å². The highest BCUT2D eigenvalue weighted by Gasteiger charge is 2.13.